The first-order chi connectivity index (χ1) is 11.8. The molecule has 4 fully saturated rings. The van der Waals surface area contributed by atoms with Crippen molar-refractivity contribution in [1.82, 2.24) is 0 Å². The molecule has 0 unspecified atom stereocenters. The van der Waals surface area contributed by atoms with Crippen LogP contribution >= 0.6 is 0 Å². The first-order valence-corrected chi connectivity index (χ1v) is 9.99. The number of carbonyl (C=O) groups is 3. The number of fused-ring (bicyclic) bond motifs is 5. The van der Waals surface area contributed by atoms with Gasteiger partial charge in [-0.15, -0.1) is 0 Å². The summed E-state index contributed by atoms with van der Waals surface area (Å²) in [5, 5.41) is 0. The van der Waals surface area contributed by atoms with Gasteiger partial charge in [0.25, 0.3) is 0 Å². The highest BCUT2D eigenvalue weighted by Crippen LogP contribution is 2.64. The van der Waals surface area contributed by atoms with Crippen molar-refractivity contribution in [3.63, 3.8) is 0 Å². The maximum atomic E-state index is 13.1. The predicted octanol–water partition coefficient (Wildman–Crippen LogP) is 3.71. The molecule has 0 aliphatic heterocycles. The molecule has 7 atom stereocenters. The molecule has 0 radical (unpaired) electrons. The third kappa shape index (κ3) is 2.43. The molecule has 0 amide bonds. The predicted molar refractivity (Wildman–Crippen MR) is 92.7 cm³/mol. The van der Waals surface area contributed by atoms with Crippen LogP contribution in [0.3, 0.4) is 0 Å². The van der Waals surface area contributed by atoms with Crippen molar-refractivity contribution in [2.75, 3.05) is 0 Å². The Kier molecular flexibility index (Phi) is 3.90. The van der Waals surface area contributed by atoms with Crippen LogP contribution < -0.4 is 0 Å². The summed E-state index contributed by atoms with van der Waals surface area (Å²) in [5.74, 6) is 1.61. The molecule has 0 aromatic carbocycles. The van der Waals surface area contributed by atoms with E-state index in [2.05, 4.69) is 13.8 Å². The first kappa shape index (κ1) is 17.2. The summed E-state index contributed by atoms with van der Waals surface area (Å²) in [6.45, 7) is 5.95. The van der Waals surface area contributed by atoms with Crippen molar-refractivity contribution in [2.24, 2.45) is 34.5 Å². The van der Waals surface area contributed by atoms with Gasteiger partial charge in [0.15, 0.2) is 0 Å². The lowest BCUT2D eigenvalue weighted by Crippen LogP contribution is -2.57. The monoisotopic (exact) mass is 346 g/mol. The molecule has 0 heterocycles. The largest absolute Gasteiger partial charge is 0.463 e. The maximum absolute atomic E-state index is 13.1. The minimum Gasteiger partial charge on any atom is -0.463 e. The molecule has 4 rings (SSSR count). The molecule has 0 N–H and O–H groups in total. The molecule has 138 valence electrons. The van der Waals surface area contributed by atoms with E-state index in [0.717, 1.165) is 38.5 Å². The molecule has 0 bridgehead atoms. The fourth-order valence-corrected chi connectivity index (χ4v) is 7.01. The summed E-state index contributed by atoms with van der Waals surface area (Å²) in [6.07, 6.45) is 6.85. The number of ether oxygens (including phenoxy) is 1. The average molecular weight is 346 g/mol. The Morgan fingerprint density at radius 2 is 1.84 bits per heavy atom. The van der Waals surface area contributed by atoms with Crippen LogP contribution in [0.4, 0.5) is 0 Å². The van der Waals surface area contributed by atoms with Gasteiger partial charge in [-0.2, -0.15) is 0 Å². The van der Waals surface area contributed by atoms with Gasteiger partial charge in [0.2, 0.25) is 0 Å². The zero-order chi connectivity index (χ0) is 18.0. The van der Waals surface area contributed by atoms with Crippen LogP contribution in [0, 0.1) is 34.5 Å². The summed E-state index contributed by atoms with van der Waals surface area (Å²) in [5.41, 5.74) is -0.100. The SMILES string of the molecule is CC(=O)O[C@H]1CC[C@]2(C)[C@H](CC(=O)[C@@H]3[C@H]2CC[C@@]2(C)C(=O)CC[C@H]32)C1. The van der Waals surface area contributed by atoms with E-state index in [1.807, 2.05) is 0 Å². The smallest absolute Gasteiger partial charge is 0.302 e. The molecule has 4 aliphatic rings. The number of hydrogen-bond donors (Lipinski definition) is 0. The number of Topliss-reactive ketones (excluding diaryl/α,β-unsaturated/α-hetero) is 2. The second kappa shape index (κ2) is 5.65. The quantitative estimate of drug-likeness (QED) is 0.679. The zero-order valence-electron chi connectivity index (χ0n) is 15.7. The van der Waals surface area contributed by atoms with Gasteiger partial charge in [0.1, 0.15) is 17.7 Å². The summed E-state index contributed by atoms with van der Waals surface area (Å²) in [6, 6.07) is 0. The van der Waals surface area contributed by atoms with Crippen molar-refractivity contribution >= 4 is 17.5 Å². The van der Waals surface area contributed by atoms with E-state index in [0.29, 0.717) is 36.2 Å². The van der Waals surface area contributed by atoms with Crippen molar-refractivity contribution in [2.45, 2.75) is 78.2 Å². The number of hydrogen-bond acceptors (Lipinski definition) is 4. The van der Waals surface area contributed by atoms with Crippen LogP contribution in [0.2, 0.25) is 0 Å². The lowest BCUT2D eigenvalue weighted by atomic mass is 9.45. The van der Waals surface area contributed by atoms with Crippen LogP contribution in [-0.4, -0.2) is 23.6 Å². The van der Waals surface area contributed by atoms with E-state index in [1.165, 1.54) is 6.92 Å². The van der Waals surface area contributed by atoms with Crippen molar-refractivity contribution in [1.29, 1.82) is 0 Å². The van der Waals surface area contributed by atoms with Crippen molar-refractivity contribution in [3.8, 4) is 0 Å². The van der Waals surface area contributed by atoms with Gasteiger partial charge in [-0.05, 0) is 61.7 Å². The molecule has 4 nitrogen and oxygen atoms in total. The van der Waals surface area contributed by atoms with E-state index in [-0.39, 0.29) is 34.7 Å². The van der Waals surface area contributed by atoms with E-state index >= 15 is 0 Å². The Morgan fingerprint density at radius 3 is 2.56 bits per heavy atom. The average Bonchev–Trinajstić information content (AvgIpc) is 2.84. The molecule has 25 heavy (non-hydrogen) atoms. The maximum Gasteiger partial charge on any atom is 0.302 e. The standard InChI is InChI=1S/C21H30O4/c1-12(22)25-14-6-8-20(2)13(10-14)11-17(23)19-15-4-5-18(24)21(15,3)9-7-16(19)20/h13-16,19H,4-11H2,1-3H3/t13-,14-,15+,16+,19-,20+,21+/m0/s1. The summed E-state index contributed by atoms with van der Waals surface area (Å²) in [7, 11) is 0. The van der Waals surface area contributed by atoms with Crippen LogP contribution in [0.15, 0.2) is 0 Å². The van der Waals surface area contributed by atoms with Gasteiger partial charge in [0, 0.05) is 31.1 Å². The topological polar surface area (TPSA) is 60.4 Å². The molecule has 0 aromatic heterocycles. The highest BCUT2D eigenvalue weighted by molar-refractivity contribution is 5.90. The Hall–Kier alpha value is -1.19. The third-order valence-corrected chi connectivity index (χ3v) is 8.46. The van der Waals surface area contributed by atoms with E-state index in [1.54, 1.807) is 0 Å². The van der Waals surface area contributed by atoms with E-state index in [9.17, 15) is 14.4 Å². The molecule has 0 spiro atoms. The molecular weight excluding hydrogens is 316 g/mol. The van der Waals surface area contributed by atoms with E-state index < -0.39 is 0 Å². The number of carbonyl (C=O) groups excluding carboxylic acids is 3. The Morgan fingerprint density at radius 1 is 1.08 bits per heavy atom. The van der Waals surface area contributed by atoms with Crippen molar-refractivity contribution in [3.05, 3.63) is 0 Å². The lowest BCUT2D eigenvalue weighted by molar-refractivity contribution is -0.166. The Bertz CT molecular complexity index is 625. The summed E-state index contributed by atoms with van der Waals surface area (Å²) >= 11 is 0. The molecule has 0 saturated heterocycles. The van der Waals surface area contributed by atoms with Crippen molar-refractivity contribution < 1.29 is 19.1 Å². The lowest BCUT2D eigenvalue weighted by Gasteiger charge is -2.59. The highest BCUT2D eigenvalue weighted by atomic mass is 16.5. The van der Waals surface area contributed by atoms with Gasteiger partial charge < -0.3 is 4.74 Å². The van der Waals surface area contributed by atoms with Gasteiger partial charge in [-0.25, -0.2) is 0 Å². The summed E-state index contributed by atoms with van der Waals surface area (Å²) in [4.78, 5) is 36.9. The fraction of sp³-hybridized carbons (Fsp3) is 0.857. The summed E-state index contributed by atoms with van der Waals surface area (Å²) < 4.78 is 5.46. The molecular formula is C21H30O4. The molecule has 4 saturated carbocycles. The third-order valence-electron chi connectivity index (χ3n) is 8.46. The van der Waals surface area contributed by atoms with Crippen LogP contribution in [0.25, 0.3) is 0 Å². The highest BCUT2D eigenvalue weighted by Gasteiger charge is 2.62. The van der Waals surface area contributed by atoms with Gasteiger partial charge in [0.05, 0.1) is 0 Å². The molecule has 4 heteroatoms. The minimum atomic E-state index is -0.255. The van der Waals surface area contributed by atoms with E-state index in [4.69, 9.17) is 4.74 Å². The number of esters is 1. The Labute approximate surface area is 150 Å². The van der Waals surface area contributed by atoms with Gasteiger partial charge >= 0.3 is 5.97 Å². The van der Waals surface area contributed by atoms with Gasteiger partial charge in [-0.3, -0.25) is 14.4 Å². The van der Waals surface area contributed by atoms with Crippen LogP contribution in [0.1, 0.15) is 72.1 Å². The van der Waals surface area contributed by atoms with Gasteiger partial charge in [-0.1, -0.05) is 13.8 Å². The first-order valence-electron chi connectivity index (χ1n) is 9.99. The number of ketones is 2. The zero-order valence-corrected chi connectivity index (χ0v) is 15.7. The number of rotatable bonds is 1. The van der Waals surface area contributed by atoms with Crippen LogP contribution in [0.5, 0.6) is 0 Å². The molecule has 0 aromatic rings. The molecule has 4 aliphatic carbocycles. The fourth-order valence-electron chi connectivity index (χ4n) is 7.01. The second-order valence-corrected chi connectivity index (χ2v) is 9.54. The normalized spacial score (nSPS) is 49.2. The van der Waals surface area contributed by atoms with Crippen LogP contribution in [-0.2, 0) is 19.1 Å². The second-order valence-electron chi connectivity index (χ2n) is 9.54. The Balaban J connectivity index is 1.60. The minimum absolute atomic E-state index is 0.0261.